The minimum absolute atomic E-state index is 0.355. The van der Waals surface area contributed by atoms with Crippen LogP contribution in [0.3, 0.4) is 0 Å². The number of esters is 1. The van der Waals surface area contributed by atoms with Gasteiger partial charge in [-0.05, 0) is 22.4 Å². The van der Waals surface area contributed by atoms with Crippen molar-refractivity contribution >= 4 is 33.2 Å². The van der Waals surface area contributed by atoms with Crippen molar-refractivity contribution in [2.24, 2.45) is 0 Å². The van der Waals surface area contributed by atoms with Crippen LogP contribution in [-0.4, -0.2) is 19.7 Å². The smallest absolute Gasteiger partial charge is 0.351 e. The third-order valence-corrected chi connectivity index (χ3v) is 3.36. The van der Waals surface area contributed by atoms with Crippen molar-refractivity contribution in [3.63, 3.8) is 0 Å². The summed E-state index contributed by atoms with van der Waals surface area (Å²) in [4.78, 5) is 11.8. The Bertz CT molecular complexity index is 322. The van der Waals surface area contributed by atoms with Crippen molar-refractivity contribution in [2.75, 3.05) is 13.7 Å². The third kappa shape index (κ3) is 2.48. The van der Waals surface area contributed by atoms with Crippen LogP contribution in [0, 0.1) is 0 Å². The molecule has 3 nitrogen and oxygen atoms in total. The molecule has 0 atom stereocenters. The maximum Gasteiger partial charge on any atom is 0.351 e. The molecule has 0 fully saturated rings. The van der Waals surface area contributed by atoms with Gasteiger partial charge >= 0.3 is 5.97 Å². The second-order valence-corrected chi connectivity index (χ2v) is 4.32. The van der Waals surface area contributed by atoms with Gasteiger partial charge in [0.25, 0.3) is 0 Å². The summed E-state index contributed by atoms with van der Waals surface area (Å²) < 4.78 is 10.9. The summed E-state index contributed by atoms with van der Waals surface area (Å²) >= 11 is 4.64. The molecule has 0 spiro atoms. The van der Waals surface area contributed by atoms with E-state index >= 15 is 0 Å². The number of methoxy groups -OCH3 is 1. The Hall–Kier alpha value is -0.550. The largest absolute Gasteiger partial charge is 0.491 e. The number of hydrogen-bond donors (Lipinski definition) is 0. The highest BCUT2D eigenvalue weighted by Crippen LogP contribution is 2.35. The molecule has 1 aromatic rings. The monoisotopic (exact) mass is 278 g/mol. The molecule has 0 radical (unpaired) electrons. The molecular formula is C9H11BrO3S. The number of rotatable bonds is 4. The van der Waals surface area contributed by atoms with Crippen LogP contribution in [0.1, 0.15) is 23.0 Å². The molecule has 5 heteroatoms. The zero-order chi connectivity index (χ0) is 10.6. The molecule has 14 heavy (non-hydrogen) atoms. The van der Waals surface area contributed by atoms with Crippen molar-refractivity contribution in [1.82, 2.24) is 0 Å². The van der Waals surface area contributed by atoms with Gasteiger partial charge in [0.05, 0.1) is 18.2 Å². The van der Waals surface area contributed by atoms with Crippen LogP contribution < -0.4 is 4.74 Å². The Balaban J connectivity index is 2.88. The number of thiophene rings is 1. The Morgan fingerprint density at radius 1 is 1.64 bits per heavy atom. The molecule has 0 unspecified atom stereocenters. The van der Waals surface area contributed by atoms with Crippen LogP contribution in [0.4, 0.5) is 0 Å². The molecule has 0 aliphatic heterocycles. The van der Waals surface area contributed by atoms with Gasteiger partial charge in [0.15, 0.2) is 10.6 Å². The summed E-state index contributed by atoms with van der Waals surface area (Å²) in [6.45, 7) is 2.61. The summed E-state index contributed by atoms with van der Waals surface area (Å²) in [5.41, 5.74) is 0. The molecule has 0 saturated heterocycles. The van der Waals surface area contributed by atoms with E-state index in [0.29, 0.717) is 17.2 Å². The second kappa shape index (κ2) is 5.36. The van der Waals surface area contributed by atoms with E-state index in [1.165, 1.54) is 18.4 Å². The Labute approximate surface area is 95.2 Å². The third-order valence-electron chi connectivity index (χ3n) is 1.52. The standard InChI is InChI=1S/C9H11BrO3S/c1-3-4-13-7-6(10)5-14-8(7)9(11)12-2/h5H,3-4H2,1-2H3. The summed E-state index contributed by atoms with van der Waals surface area (Å²) in [6.07, 6.45) is 0.906. The molecule has 0 aromatic carbocycles. The van der Waals surface area contributed by atoms with E-state index in [4.69, 9.17) is 4.74 Å². The summed E-state index contributed by atoms with van der Waals surface area (Å²) in [6, 6.07) is 0. The molecule has 0 aliphatic carbocycles. The van der Waals surface area contributed by atoms with E-state index in [9.17, 15) is 4.79 Å². The van der Waals surface area contributed by atoms with E-state index < -0.39 is 0 Å². The lowest BCUT2D eigenvalue weighted by Gasteiger charge is -2.05. The van der Waals surface area contributed by atoms with Crippen LogP contribution in [0.5, 0.6) is 5.75 Å². The fraction of sp³-hybridized carbons (Fsp3) is 0.444. The van der Waals surface area contributed by atoms with Crippen LogP contribution in [0.15, 0.2) is 9.85 Å². The fourth-order valence-corrected chi connectivity index (χ4v) is 2.41. The Morgan fingerprint density at radius 2 is 2.36 bits per heavy atom. The zero-order valence-electron chi connectivity index (χ0n) is 8.00. The van der Waals surface area contributed by atoms with E-state index in [1.807, 2.05) is 12.3 Å². The van der Waals surface area contributed by atoms with Gasteiger partial charge in [-0.2, -0.15) is 0 Å². The lowest BCUT2D eigenvalue weighted by molar-refractivity contribution is 0.0602. The van der Waals surface area contributed by atoms with Gasteiger partial charge in [0, 0.05) is 5.38 Å². The first-order valence-electron chi connectivity index (χ1n) is 4.18. The van der Waals surface area contributed by atoms with Crippen molar-refractivity contribution in [3.8, 4) is 5.75 Å². The van der Waals surface area contributed by atoms with Gasteiger partial charge in [0.2, 0.25) is 0 Å². The Morgan fingerprint density at radius 3 is 2.93 bits per heavy atom. The predicted molar refractivity (Wildman–Crippen MR) is 59.1 cm³/mol. The molecule has 0 aliphatic rings. The lowest BCUT2D eigenvalue weighted by atomic mass is 10.4. The van der Waals surface area contributed by atoms with Gasteiger partial charge in [-0.15, -0.1) is 11.3 Å². The van der Waals surface area contributed by atoms with Gasteiger partial charge in [0.1, 0.15) is 0 Å². The van der Waals surface area contributed by atoms with Gasteiger partial charge in [-0.25, -0.2) is 4.79 Å². The van der Waals surface area contributed by atoms with Crippen molar-refractivity contribution in [2.45, 2.75) is 13.3 Å². The van der Waals surface area contributed by atoms with Crippen molar-refractivity contribution in [1.29, 1.82) is 0 Å². The molecular weight excluding hydrogens is 268 g/mol. The van der Waals surface area contributed by atoms with E-state index in [0.717, 1.165) is 10.9 Å². The van der Waals surface area contributed by atoms with Crippen molar-refractivity contribution < 1.29 is 14.3 Å². The first-order valence-corrected chi connectivity index (χ1v) is 5.86. The molecule has 0 saturated carbocycles. The minimum Gasteiger partial charge on any atom is -0.491 e. The normalized spacial score (nSPS) is 9.93. The number of carbonyl (C=O) groups excluding carboxylic acids is 1. The van der Waals surface area contributed by atoms with Gasteiger partial charge in [-0.3, -0.25) is 0 Å². The van der Waals surface area contributed by atoms with Gasteiger partial charge < -0.3 is 9.47 Å². The predicted octanol–water partition coefficient (Wildman–Crippen LogP) is 3.09. The summed E-state index contributed by atoms with van der Waals surface area (Å²) in [5.74, 6) is 0.232. The SMILES string of the molecule is CCCOc1c(Br)csc1C(=O)OC. The maximum absolute atomic E-state index is 11.3. The molecule has 0 amide bonds. The van der Waals surface area contributed by atoms with Crippen LogP contribution in [-0.2, 0) is 4.74 Å². The highest BCUT2D eigenvalue weighted by Gasteiger charge is 2.18. The fourth-order valence-electron chi connectivity index (χ4n) is 0.898. The van der Waals surface area contributed by atoms with Crippen LogP contribution in [0.25, 0.3) is 0 Å². The Kier molecular flexibility index (Phi) is 4.41. The highest BCUT2D eigenvalue weighted by atomic mass is 79.9. The zero-order valence-corrected chi connectivity index (χ0v) is 10.4. The highest BCUT2D eigenvalue weighted by molar-refractivity contribution is 9.10. The van der Waals surface area contributed by atoms with Crippen LogP contribution >= 0.6 is 27.3 Å². The topological polar surface area (TPSA) is 35.5 Å². The number of hydrogen-bond acceptors (Lipinski definition) is 4. The molecule has 1 aromatic heterocycles. The second-order valence-electron chi connectivity index (χ2n) is 2.58. The van der Waals surface area contributed by atoms with E-state index in [1.54, 1.807) is 0 Å². The molecule has 78 valence electrons. The first kappa shape index (κ1) is 11.5. The average molecular weight is 279 g/mol. The summed E-state index contributed by atoms with van der Waals surface area (Å²) in [5, 5.41) is 1.82. The minimum atomic E-state index is -0.355. The quantitative estimate of drug-likeness (QED) is 0.794. The van der Waals surface area contributed by atoms with Crippen molar-refractivity contribution in [3.05, 3.63) is 14.7 Å². The van der Waals surface area contributed by atoms with E-state index in [-0.39, 0.29) is 5.97 Å². The molecule has 0 N–H and O–H groups in total. The number of ether oxygens (including phenoxy) is 2. The number of carbonyl (C=O) groups is 1. The van der Waals surface area contributed by atoms with Gasteiger partial charge in [-0.1, -0.05) is 6.92 Å². The maximum atomic E-state index is 11.3. The molecule has 1 rings (SSSR count). The average Bonchev–Trinajstić information content (AvgIpc) is 2.56. The first-order chi connectivity index (χ1) is 6.70. The molecule has 0 bridgehead atoms. The van der Waals surface area contributed by atoms with Crippen LogP contribution in [0.2, 0.25) is 0 Å². The molecule has 1 heterocycles. The number of halogens is 1. The summed E-state index contributed by atoms with van der Waals surface area (Å²) in [7, 11) is 1.36. The van der Waals surface area contributed by atoms with E-state index in [2.05, 4.69) is 20.7 Å². The lowest BCUT2D eigenvalue weighted by Crippen LogP contribution is -2.03.